The van der Waals surface area contributed by atoms with Gasteiger partial charge in [-0.25, -0.2) is 9.18 Å². The molecule has 0 aliphatic heterocycles. The Morgan fingerprint density at radius 3 is 1.24 bits per heavy atom. The minimum atomic E-state index is -8.66. The molecular formula is C14H9F17O2. The minimum Gasteiger partial charge on any atom is -0.463 e. The van der Waals surface area contributed by atoms with Crippen molar-refractivity contribution in [3.05, 3.63) is 11.6 Å². The highest BCUT2D eigenvalue weighted by Crippen LogP contribution is 2.64. The Hall–Kier alpha value is -1.98. The summed E-state index contributed by atoms with van der Waals surface area (Å²) < 4.78 is 227. The lowest BCUT2D eigenvalue weighted by Crippen LogP contribution is -2.74. The minimum absolute atomic E-state index is 0.0170. The van der Waals surface area contributed by atoms with E-state index in [1.54, 1.807) is 0 Å². The zero-order valence-corrected chi connectivity index (χ0v) is 15.5. The monoisotopic (exact) mass is 532 g/mol. The lowest BCUT2D eigenvalue weighted by molar-refractivity contribution is -0.453. The molecule has 0 aromatic heterocycles. The summed E-state index contributed by atoms with van der Waals surface area (Å²) >= 11 is 0. The molecule has 0 radical (unpaired) electrons. The van der Waals surface area contributed by atoms with Crippen LogP contribution in [-0.4, -0.2) is 60.2 Å². The fourth-order valence-corrected chi connectivity index (χ4v) is 1.95. The Morgan fingerprint density at radius 1 is 0.606 bits per heavy atom. The Kier molecular flexibility index (Phi) is 7.85. The quantitative estimate of drug-likeness (QED) is 0.203. The van der Waals surface area contributed by atoms with Crippen molar-refractivity contribution in [1.82, 2.24) is 0 Å². The van der Waals surface area contributed by atoms with E-state index in [0.29, 0.717) is 0 Å². The first kappa shape index (κ1) is 31.0. The molecule has 0 fully saturated rings. The van der Waals surface area contributed by atoms with Crippen molar-refractivity contribution in [2.45, 2.75) is 61.5 Å². The van der Waals surface area contributed by atoms with Crippen molar-refractivity contribution >= 4 is 5.97 Å². The number of allylic oxidation sites excluding steroid dienone is 1. The maximum atomic E-state index is 14.2. The van der Waals surface area contributed by atoms with Gasteiger partial charge < -0.3 is 4.74 Å². The van der Waals surface area contributed by atoms with Crippen LogP contribution < -0.4 is 0 Å². The SMILES string of the molecule is CCOC(=O)C(C)=CC(F)(C(F)(F)F)C(F)(F)C(F)(F)C(F)(F)C(F)(F)C(F)(F)C(F)(F)F. The first-order chi connectivity index (χ1) is 14.1. The molecule has 0 saturated carbocycles. The summed E-state index contributed by atoms with van der Waals surface area (Å²) in [5.41, 5.74) is -9.16. The van der Waals surface area contributed by atoms with Crippen LogP contribution >= 0.6 is 0 Å². The molecule has 0 aliphatic carbocycles. The van der Waals surface area contributed by atoms with Crippen LogP contribution in [0.4, 0.5) is 74.6 Å². The first-order valence-corrected chi connectivity index (χ1v) is 7.69. The number of hydrogen-bond donors (Lipinski definition) is 0. The number of carbonyl (C=O) groups excluding carboxylic acids is 1. The van der Waals surface area contributed by atoms with Gasteiger partial charge in [-0.15, -0.1) is 0 Å². The molecule has 0 heterocycles. The third-order valence-corrected chi connectivity index (χ3v) is 3.82. The average molecular weight is 532 g/mol. The van der Waals surface area contributed by atoms with Gasteiger partial charge >= 0.3 is 47.9 Å². The van der Waals surface area contributed by atoms with Crippen LogP contribution in [0, 0.1) is 0 Å². The van der Waals surface area contributed by atoms with E-state index in [4.69, 9.17) is 0 Å². The summed E-state index contributed by atoms with van der Waals surface area (Å²) in [4.78, 5) is 11.2. The molecule has 1 atom stereocenters. The molecule has 2 nitrogen and oxygen atoms in total. The fourth-order valence-electron chi connectivity index (χ4n) is 1.95. The highest BCUT2D eigenvalue weighted by Gasteiger charge is 2.94. The van der Waals surface area contributed by atoms with Crippen molar-refractivity contribution in [2.75, 3.05) is 6.61 Å². The van der Waals surface area contributed by atoms with Gasteiger partial charge in [0.05, 0.1) is 6.61 Å². The molecule has 0 N–H and O–H groups in total. The molecule has 196 valence electrons. The Morgan fingerprint density at radius 2 is 0.939 bits per heavy atom. The molecule has 0 aromatic rings. The van der Waals surface area contributed by atoms with Crippen LogP contribution in [0.3, 0.4) is 0 Å². The van der Waals surface area contributed by atoms with E-state index < -0.39 is 71.9 Å². The lowest BCUT2D eigenvalue weighted by Gasteiger charge is -2.43. The van der Waals surface area contributed by atoms with Crippen LogP contribution in [0.5, 0.6) is 0 Å². The standard InChI is InChI=1S/C14H9F17O2/c1-3-33-6(32)5(2)4-7(15,13(26,27)28)8(16,17)9(18,19)10(20,21)11(22,23)12(24,25)14(29,30)31/h4H,3H2,1-2H3. The summed E-state index contributed by atoms with van der Waals surface area (Å²) in [6, 6.07) is 0. The maximum absolute atomic E-state index is 14.2. The third kappa shape index (κ3) is 4.42. The van der Waals surface area contributed by atoms with E-state index in [1.807, 2.05) is 0 Å². The van der Waals surface area contributed by atoms with Crippen molar-refractivity contribution in [2.24, 2.45) is 0 Å². The lowest BCUT2D eigenvalue weighted by atomic mass is 9.84. The number of carbonyl (C=O) groups is 1. The highest BCUT2D eigenvalue weighted by molar-refractivity contribution is 5.88. The topological polar surface area (TPSA) is 26.3 Å². The summed E-state index contributed by atoms with van der Waals surface area (Å²) in [6.07, 6.45) is -17.1. The largest absolute Gasteiger partial charge is 0.463 e. The van der Waals surface area contributed by atoms with Crippen LogP contribution in [0.25, 0.3) is 0 Å². The molecule has 0 aromatic carbocycles. The average Bonchev–Trinajstić information content (AvgIpc) is 2.58. The van der Waals surface area contributed by atoms with E-state index in [0.717, 1.165) is 6.92 Å². The molecule has 0 amide bonds. The number of hydrogen-bond acceptors (Lipinski definition) is 2. The Labute approximate surface area is 171 Å². The van der Waals surface area contributed by atoms with Crippen molar-refractivity contribution < 1.29 is 84.2 Å². The number of halogens is 17. The van der Waals surface area contributed by atoms with Crippen LogP contribution in [0.1, 0.15) is 13.8 Å². The molecule has 19 heteroatoms. The summed E-state index contributed by atoms with van der Waals surface area (Å²) in [6.45, 7) is 0.166. The van der Waals surface area contributed by atoms with Crippen molar-refractivity contribution in [3.8, 4) is 0 Å². The van der Waals surface area contributed by atoms with E-state index >= 15 is 0 Å². The molecule has 33 heavy (non-hydrogen) atoms. The zero-order chi connectivity index (χ0) is 27.3. The summed E-state index contributed by atoms with van der Waals surface area (Å²) in [7, 11) is 0. The van der Waals surface area contributed by atoms with Crippen LogP contribution in [0.2, 0.25) is 0 Å². The second kappa shape index (κ2) is 8.35. The maximum Gasteiger partial charge on any atom is 0.460 e. The second-order valence-corrected chi connectivity index (χ2v) is 6.13. The molecule has 0 rings (SSSR count). The predicted molar refractivity (Wildman–Crippen MR) is 71.1 cm³/mol. The number of rotatable bonds is 8. The summed E-state index contributed by atoms with van der Waals surface area (Å²) in [5.74, 6) is -44.3. The van der Waals surface area contributed by atoms with Gasteiger partial charge in [0.1, 0.15) is 0 Å². The number of alkyl halides is 17. The van der Waals surface area contributed by atoms with Gasteiger partial charge in [-0.1, -0.05) is 0 Å². The second-order valence-electron chi connectivity index (χ2n) is 6.13. The first-order valence-electron chi connectivity index (χ1n) is 7.69. The number of ether oxygens (including phenoxy) is 1. The van der Waals surface area contributed by atoms with Crippen LogP contribution in [-0.2, 0) is 9.53 Å². The van der Waals surface area contributed by atoms with Gasteiger partial charge in [0.2, 0.25) is 0 Å². The normalized spacial score (nSPS) is 17.6. The Balaban J connectivity index is 7.11. The molecule has 0 saturated heterocycles. The molecule has 0 spiro atoms. The van der Waals surface area contributed by atoms with Crippen LogP contribution in [0.15, 0.2) is 11.6 Å². The van der Waals surface area contributed by atoms with Crippen molar-refractivity contribution in [3.63, 3.8) is 0 Å². The van der Waals surface area contributed by atoms with Gasteiger partial charge in [-0.2, -0.15) is 70.2 Å². The molecular weight excluding hydrogens is 523 g/mol. The molecule has 1 unspecified atom stereocenters. The Bertz CT molecular complexity index is 761. The van der Waals surface area contributed by atoms with E-state index in [2.05, 4.69) is 4.74 Å². The number of esters is 1. The van der Waals surface area contributed by atoms with E-state index in [9.17, 15) is 79.4 Å². The van der Waals surface area contributed by atoms with Gasteiger partial charge in [0, 0.05) is 5.57 Å². The van der Waals surface area contributed by atoms with Gasteiger partial charge in [0.15, 0.2) is 0 Å². The third-order valence-electron chi connectivity index (χ3n) is 3.82. The fraction of sp³-hybridized carbons (Fsp3) is 0.786. The van der Waals surface area contributed by atoms with E-state index in [-0.39, 0.29) is 6.92 Å². The molecule has 0 bridgehead atoms. The van der Waals surface area contributed by atoms with Gasteiger partial charge in [-0.3, -0.25) is 0 Å². The van der Waals surface area contributed by atoms with Crippen molar-refractivity contribution in [1.29, 1.82) is 0 Å². The molecule has 0 aliphatic rings. The smallest absolute Gasteiger partial charge is 0.460 e. The van der Waals surface area contributed by atoms with E-state index in [1.165, 1.54) is 0 Å². The van der Waals surface area contributed by atoms with Gasteiger partial charge in [0.25, 0.3) is 5.67 Å². The zero-order valence-electron chi connectivity index (χ0n) is 15.5. The predicted octanol–water partition coefficient (Wildman–Crippen LogP) is 6.51. The van der Waals surface area contributed by atoms with Gasteiger partial charge in [-0.05, 0) is 19.9 Å². The highest BCUT2D eigenvalue weighted by atomic mass is 19.4. The summed E-state index contributed by atoms with van der Waals surface area (Å²) in [5, 5.41) is 0.